The van der Waals surface area contributed by atoms with E-state index in [1.54, 1.807) is 18.0 Å². The molecule has 2 aliphatic rings. The van der Waals surface area contributed by atoms with Gasteiger partial charge in [-0.3, -0.25) is 9.48 Å². The van der Waals surface area contributed by atoms with Gasteiger partial charge in [0.1, 0.15) is 0 Å². The van der Waals surface area contributed by atoms with Gasteiger partial charge in [0.2, 0.25) is 5.91 Å². The number of aromatic nitrogens is 2. The Kier molecular flexibility index (Phi) is 4.12. The number of amides is 1. The van der Waals surface area contributed by atoms with Crippen LogP contribution >= 0.6 is 11.8 Å². The molecule has 2 aromatic rings. The van der Waals surface area contributed by atoms with Gasteiger partial charge in [-0.25, -0.2) is 0 Å². The van der Waals surface area contributed by atoms with E-state index < -0.39 is 0 Å². The van der Waals surface area contributed by atoms with E-state index in [4.69, 9.17) is 0 Å². The summed E-state index contributed by atoms with van der Waals surface area (Å²) in [4.78, 5) is 16.5. The van der Waals surface area contributed by atoms with Crippen molar-refractivity contribution in [3.8, 4) is 0 Å². The van der Waals surface area contributed by atoms with Gasteiger partial charge in [0.15, 0.2) is 0 Å². The Morgan fingerprint density at radius 1 is 1.26 bits per heavy atom. The van der Waals surface area contributed by atoms with Crippen molar-refractivity contribution in [3.63, 3.8) is 0 Å². The van der Waals surface area contributed by atoms with Crippen molar-refractivity contribution in [2.45, 2.75) is 48.4 Å². The third-order valence-corrected chi connectivity index (χ3v) is 6.09. The largest absolute Gasteiger partial charge is 0.337 e. The number of carbonyl (C=O) groups excluding carboxylic acids is 1. The molecule has 0 N–H and O–H groups in total. The lowest BCUT2D eigenvalue weighted by Gasteiger charge is -2.37. The number of rotatable bonds is 3. The van der Waals surface area contributed by atoms with E-state index in [2.05, 4.69) is 34.3 Å². The molecule has 0 bridgehead atoms. The van der Waals surface area contributed by atoms with Crippen molar-refractivity contribution in [3.05, 3.63) is 48.3 Å². The Balaban J connectivity index is 1.48. The van der Waals surface area contributed by atoms with Crippen LogP contribution in [0.25, 0.3) is 0 Å². The predicted octanol–water partition coefficient (Wildman–Crippen LogP) is 2.98. The highest BCUT2D eigenvalue weighted by molar-refractivity contribution is 8.01. The Morgan fingerprint density at radius 3 is 3.00 bits per heavy atom. The molecular weight excluding hydrogens is 306 g/mol. The van der Waals surface area contributed by atoms with E-state index in [0.29, 0.717) is 5.91 Å². The molecule has 2 atom stereocenters. The summed E-state index contributed by atoms with van der Waals surface area (Å²) in [6.45, 7) is 1.70. The number of fused-ring (bicyclic) bond motifs is 1. The summed E-state index contributed by atoms with van der Waals surface area (Å²) in [6.07, 6.45) is 8.05. The maximum atomic E-state index is 13.1. The smallest absolute Gasteiger partial charge is 0.236 e. The molecule has 0 radical (unpaired) electrons. The third-order valence-electron chi connectivity index (χ3n) is 4.79. The van der Waals surface area contributed by atoms with Crippen LogP contribution in [0.4, 0.5) is 0 Å². The molecule has 1 saturated heterocycles. The number of hydrogen-bond donors (Lipinski definition) is 0. The zero-order chi connectivity index (χ0) is 15.6. The molecule has 4 rings (SSSR count). The summed E-state index contributed by atoms with van der Waals surface area (Å²) in [5.41, 5.74) is 1.32. The monoisotopic (exact) mass is 327 g/mol. The van der Waals surface area contributed by atoms with Crippen LogP contribution in [-0.4, -0.2) is 38.4 Å². The Bertz CT molecular complexity index is 660. The SMILES string of the molecule is O=C([C@H]1Cc2ccccc2S1)N1CCCC[C@H]1Cn1cccn1. The zero-order valence-electron chi connectivity index (χ0n) is 13.1. The number of piperidine rings is 1. The van der Waals surface area contributed by atoms with E-state index >= 15 is 0 Å². The van der Waals surface area contributed by atoms with Crippen LogP contribution in [0.3, 0.4) is 0 Å². The Labute approximate surface area is 140 Å². The van der Waals surface area contributed by atoms with Crippen LogP contribution < -0.4 is 0 Å². The molecule has 1 amide bonds. The summed E-state index contributed by atoms with van der Waals surface area (Å²) < 4.78 is 1.95. The fourth-order valence-corrected chi connectivity index (χ4v) is 4.88. The summed E-state index contributed by atoms with van der Waals surface area (Å²) in [5, 5.41) is 4.35. The number of likely N-dealkylation sites (tertiary alicyclic amines) is 1. The number of benzene rings is 1. The molecule has 2 aliphatic heterocycles. The first kappa shape index (κ1) is 14.8. The molecule has 0 aliphatic carbocycles. The van der Waals surface area contributed by atoms with Crippen LogP contribution in [0.5, 0.6) is 0 Å². The van der Waals surface area contributed by atoms with Crippen LogP contribution in [0.15, 0.2) is 47.6 Å². The minimum atomic E-state index is 0.0469. The summed E-state index contributed by atoms with van der Waals surface area (Å²) in [6, 6.07) is 10.6. The summed E-state index contributed by atoms with van der Waals surface area (Å²) in [7, 11) is 0. The standard InChI is InChI=1S/C18H21N3OS/c22-18(17-12-14-6-1-2-8-16(14)23-17)21-11-4-3-7-15(21)13-20-10-5-9-19-20/h1-2,5-6,8-10,15,17H,3-4,7,11-13H2/t15-,17+/m0/s1. The fourth-order valence-electron chi connectivity index (χ4n) is 3.61. The molecule has 120 valence electrons. The fraction of sp³-hybridized carbons (Fsp3) is 0.444. The van der Waals surface area contributed by atoms with Crippen LogP contribution in [0.1, 0.15) is 24.8 Å². The van der Waals surface area contributed by atoms with Gasteiger partial charge in [0.05, 0.1) is 17.8 Å². The number of nitrogens with zero attached hydrogens (tertiary/aromatic N) is 3. The quantitative estimate of drug-likeness (QED) is 0.870. The molecule has 1 aromatic carbocycles. The van der Waals surface area contributed by atoms with Crippen molar-refractivity contribution in [2.75, 3.05) is 6.54 Å². The average Bonchev–Trinajstić information content (AvgIpc) is 3.23. The van der Waals surface area contributed by atoms with Crippen molar-refractivity contribution in [1.29, 1.82) is 0 Å². The van der Waals surface area contributed by atoms with Gasteiger partial charge in [0, 0.05) is 23.8 Å². The Morgan fingerprint density at radius 2 is 2.17 bits per heavy atom. The van der Waals surface area contributed by atoms with Crippen molar-refractivity contribution >= 4 is 17.7 Å². The number of carbonyl (C=O) groups is 1. The molecule has 1 aromatic heterocycles. The van der Waals surface area contributed by atoms with E-state index in [1.165, 1.54) is 16.9 Å². The van der Waals surface area contributed by atoms with Crippen molar-refractivity contribution in [1.82, 2.24) is 14.7 Å². The minimum absolute atomic E-state index is 0.0469. The lowest BCUT2D eigenvalue weighted by Crippen LogP contribution is -2.49. The molecule has 5 heteroatoms. The molecule has 0 unspecified atom stereocenters. The van der Waals surface area contributed by atoms with Gasteiger partial charge in [-0.05, 0) is 43.4 Å². The van der Waals surface area contributed by atoms with Crippen LogP contribution in [-0.2, 0) is 17.8 Å². The lowest BCUT2D eigenvalue weighted by atomic mass is 10.0. The molecule has 0 spiro atoms. The van der Waals surface area contributed by atoms with Gasteiger partial charge in [-0.1, -0.05) is 18.2 Å². The molecule has 23 heavy (non-hydrogen) atoms. The lowest BCUT2D eigenvalue weighted by molar-refractivity contribution is -0.134. The third kappa shape index (κ3) is 3.02. The predicted molar refractivity (Wildman–Crippen MR) is 91.4 cm³/mol. The average molecular weight is 327 g/mol. The van der Waals surface area contributed by atoms with Crippen molar-refractivity contribution < 1.29 is 4.79 Å². The first-order valence-electron chi connectivity index (χ1n) is 8.34. The van der Waals surface area contributed by atoms with Gasteiger partial charge >= 0.3 is 0 Å². The first-order chi connectivity index (χ1) is 11.3. The van der Waals surface area contributed by atoms with Crippen molar-refractivity contribution in [2.24, 2.45) is 0 Å². The second-order valence-corrected chi connectivity index (χ2v) is 7.57. The van der Waals surface area contributed by atoms with E-state index in [-0.39, 0.29) is 11.3 Å². The summed E-state index contributed by atoms with van der Waals surface area (Å²) in [5.74, 6) is 0.308. The normalized spacial score (nSPS) is 23.7. The minimum Gasteiger partial charge on any atom is -0.337 e. The van der Waals surface area contributed by atoms with E-state index in [9.17, 15) is 4.79 Å². The highest BCUT2D eigenvalue weighted by Gasteiger charge is 2.35. The van der Waals surface area contributed by atoms with Crippen LogP contribution in [0, 0.1) is 0 Å². The molecule has 0 saturated carbocycles. The molecule has 3 heterocycles. The highest BCUT2D eigenvalue weighted by Crippen LogP contribution is 2.38. The Hall–Kier alpha value is -1.75. The maximum Gasteiger partial charge on any atom is 0.236 e. The second kappa shape index (κ2) is 6.40. The first-order valence-corrected chi connectivity index (χ1v) is 9.22. The van der Waals surface area contributed by atoms with Gasteiger partial charge in [-0.2, -0.15) is 5.10 Å². The second-order valence-electron chi connectivity index (χ2n) is 6.33. The summed E-state index contributed by atoms with van der Waals surface area (Å²) >= 11 is 1.73. The van der Waals surface area contributed by atoms with E-state index in [0.717, 1.165) is 32.4 Å². The van der Waals surface area contributed by atoms with Gasteiger partial charge in [0.25, 0.3) is 0 Å². The zero-order valence-corrected chi connectivity index (χ0v) is 13.9. The highest BCUT2D eigenvalue weighted by atomic mass is 32.2. The topological polar surface area (TPSA) is 38.1 Å². The molecular formula is C18H21N3OS. The van der Waals surface area contributed by atoms with Crippen LogP contribution in [0.2, 0.25) is 0 Å². The van der Waals surface area contributed by atoms with E-state index in [1.807, 2.05) is 16.9 Å². The molecule has 1 fully saturated rings. The van der Waals surface area contributed by atoms with Gasteiger partial charge < -0.3 is 4.90 Å². The van der Waals surface area contributed by atoms with Gasteiger partial charge in [-0.15, -0.1) is 11.8 Å². The number of hydrogen-bond acceptors (Lipinski definition) is 3. The molecule has 4 nitrogen and oxygen atoms in total. The number of thioether (sulfide) groups is 1. The maximum absolute atomic E-state index is 13.1.